The van der Waals surface area contributed by atoms with E-state index < -0.39 is 0 Å². The lowest BCUT2D eigenvalue weighted by atomic mass is 9.85. The van der Waals surface area contributed by atoms with E-state index in [9.17, 15) is 4.79 Å². The number of hydrogen-bond acceptors (Lipinski definition) is 1. The van der Waals surface area contributed by atoms with Gasteiger partial charge >= 0.3 is 0 Å². The Morgan fingerprint density at radius 3 is 2.50 bits per heavy atom. The highest BCUT2D eigenvalue weighted by Crippen LogP contribution is 2.36. The van der Waals surface area contributed by atoms with Crippen molar-refractivity contribution < 1.29 is 4.79 Å². The number of rotatable bonds is 2. The van der Waals surface area contributed by atoms with Gasteiger partial charge in [-0.25, -0.2) is 0 Å². The van der Waals surface area contributed by atoms with Crippen molar-refractivity contribution in [3.05, 3.63) is 40.6 Å². The number of aryl methyl sites for hydroxylation is 2. The molecule has 1 N–H and O–H groups in total. The first-order chi connectivity index (χ1) is 7.58. The predicted molar refractivity (Wildman–Crippen MR) is 65.9 cm³/mol. The molecule has 0 aromatic heterocycles. The van der Waals surface area contributed by atoms with Gasteiger partial charge in [-0.2, -0.15) is 0 Å². The van der Waals surface area contributed by atoms with Crippen molar-refractivity contribution in [2.45, 2.75) is 33.6 Å². The maximum absolute atomic E-state index is 11.0. The van der Waals surface area contributed by atoms with Crippen LogP contribution in [0.4, 0.5) is 0 Å². The van der Waals surface area contributed by atoms with Gasteiger partial charge in [-0.15, -0.1) is 0 Å². The highest BCUT2D eigenvalue weighted by atomic mass is 16.1. The Labute approximate surface area is 96.4 Å². The van der Waals surface area contributed by atoms with E-state index >= 15 is 0 Å². The number of nitrogens with one attached hydrogen (secondary N) is 1. The second-order valence-electron chi connectivity index (χ2n) is 4.46. The summed E-state index contributed by atoms with van der Waals surface area (Å²) < 4.78 is 0. The van der Waals surface area contributed by atoms with E-state index in [1.54, 1.807) is 6.92 Å². The van der Waals surface area contributed by atoms with Crippen LogP contribution in [0.3, 0.4) is 0 Å². The molecule has 0 bridgehead atoms. The van der Waals surface area contributed by atoms with Gasteiger partial charge < -0.3 is 5.32 Å². The maximum Gasteiger partial charge on any atom is 0.221 e. The summed E-state index contributed by atoms with van der Waals surface area (Å²) in [6.07, 6.45) is 2.06. The molecule has 2 rings (SSSR count). The van der Waals surface area contributed by atoms with Crippen LogP contribution in [0.15, 0.2) is 23.9 Å². The van der Waals surface area contributed by atoms with Gasteiger partial charge in [-0.3, -0.25) is 4.79 Å². The van der Waals surface area contributed by atoms with Gasteiger partial charge in [0.1, 0.15) is 0 Å². The normalized spacial score (nSPS) is 14.7. The molecule has 0 fully saturated rings. The van der Waals surface area contributed by atoms with Crippen molar-refractivity contribution in [1.29, 1.82) is 0 Å². The Morgan fingerprint density at radius 2 is 2.00 bits per heavy atom. The minimum absolute atomic E-state index is 0.0250. The molecule has 84 valence electrons. The van der Waals surface area contributed by atoms with Crippen LogP contribution in [0.1, 0.15) is 36.5 Å². The lowest BCUT2D eigenvalue weighted by Gasteiger charge is -2.25. The summed E-state index contributed by atoms with van der Waals surface area (Å²) in [7, 11) is 0. The molecule has 0 atom stereocenters. The number of carbonyl (C=O) groups is 1. The van der Waals surface area contributed by atoms with Gasteiger partial charge in [0.05, 0.1) is 0 Å². The topological polar surface area (TPSA) is 29.1 Å². The van der Waals surface area contributed by atoms with Crippen molar-refractivity contribution in [3.8, 4) is 0 Å². The SMILES string of the molecule is CC(=O)NC1=C(c2ccc(C)cc2C)CC1. The Balaban J connectivity index is 2.34. The maximum atomic E-state index is 11.0. The summed E-state index contributed by atoms with van der Waals surface area (Å²) in [6, 6.07) is 6.46. The second-order valence-corrected chi connectivity index (χ2v) is 4.46. The summed E-state index contributed by atoms with van der Waals surface area (Å²) in [5.74, 6) is 0.0250. The number of benzene rings is 1. The zero-order valence-electron chi connectivity index (χ0n) is 10.1. The van der Waals surface area contributed by atoms with Crippen molar-refractivity contribution in [2.75, 3.05) is 0 Å². The van der Waals surface area contributed by atoms with Crippen molar-refractivity contribution in [1.82, 2.24) is 5.32 Å². The van der Waals surface area contributed by atoms with Crippen LogP contribution in [0.5, 0.6) is 0 Å². The van der Waals surface area contributed by atoms with Crippen LogP contribution in [0, 0.1) is 13.8 Å². The summed E-state index contributed by atoms with van der Waals surface area (Å²) in [6.45, 7) is 5.78. The third kappa shape index (κ3) is 2.01. The summed E-state index contributed by atoms with van der Waals surface area (Å²) in [4.78, 5) is 11.0. The Morgan fingerprint density at radius 1 is 1.25 bits per heavy atom. The summed E-state index contributed by atoms with van der Waals surface area (Å²) in [5, 5.41) is 2.91. The largest absolute Gasteiger partial charge is 0.330 e. The van der Waals surface area contributed by atoms with Crippen LogP contribution >= 0.6 is 0 Å². The molecule has 0 spiro atoms. The minimum atomic E-state index is 0.0250. The van der Waals surface area contributed by atoms with Crippen LogP contribution < -0.4 is 5.32 Å². The molecule has 1 aliphatic carbocycles. The van der Waals surface area contributed by atoms with Crippen LogP contribution in [0.25, 0.3) is 5.57 Å². The first-order valence-electron chi connectivity index (χ1n) is 5.65. The quantitative estimate of drug-likeness (QED) is 0.807. The van der Waals surface area contributed by atoms with E-state index in [2.05, 4.69) is 37.4 Å². The van der Waals surface area contributed by atoms with Crippen molar-refractivity contribution in [2.24, 2.45) is 0 Å². The second kappa shape index (κ2) is 4.12. The average Bonchev–Trinajstić information content (AvgIpc) is 2.17. The Kier molecular flexibility index (Phi) is 2.82. The fourth-order valence-corrected chi connectivity index (χ4v) is 2.17. The molecule has 2 nitrogen and oxygen atoms in total. The molecule has 0 unspecified atom stereocenters. The highest BCUT2D eigenvalue weighted by Gasteiger charge is 2.20. The predicted octanol–water partition coefficient (Wildman–Crippen LogP) is 2.94. The highest BCUT2D eigenvalue weighted by molar-refractivity contribution is 5.82. The molecule has 0 saturated heterocycles. The lowest BCUT2D eigenvalue weighted by Crippen LogP contribution is -2.25. The van der Waals surface area contributed by atoms with Gasteiger partial charge in [-0.05, 0) is 43.4 Å². The van der Waals surface area contributed by atoms with E-state index in [4.69, 9.17) is 0 Å². The zero-order chi connectivity index (χ0) is 11.7. The first kappa shape index (κ1) is 10.9. The average molecular weight is 215 g/mol. The van der Waals surface area contributed by atoms with E-state index in [1.807, 2.05) is 0 Å². The van der Waals surface area contributed by atoms with E-state index in [1.165, 1.54) is 22.3 Å². The molecule has 2 heteroatoms. The van der Waals surface area contributed by atoms with Crippen LogP contribution in [-0.4, -0.2) is 5.91 Å². The van der Waals surface area contributed by atoms with Gasteiger partial charge in [0.15, 0.2) is 0 Å². The first-order valence-corrected chi connectivity index (χ1v) is 5.65. The van der Waals surface area contributed by atoms with Gasteiger partial charge in [0.2, 0.25) is 5.91 Å². The Hall–Kier alpha value is -1.57. The third-order valence-electron chi connectivity index (χ3n) is 3.02. The number of allylic oxidation sites excluding steroid dienone is 2. The third-order valence-corrected chi connectivity index (χ3v) is 3.02. The monoisotopic (exact) mass is 215 g/mol. The van der Waals surface area contributed by atoms with Gasteiger partial charge in [0, 0.05) is 12.6 Å². The van der Waals surface area contributed by atoms with Crippen LogP contribution in [-0.2, 0) is 4.79 Å². The van der Waals surface area contributed by atoms with Gasteiger partial charge in [0.25, 0.3) is 0 Å². The molecule has 16 heavy (non-hydrogen) atoms. The van der Waals surface area contributed by atoms with Crippen LogP contribution in [0.2, 0.25) is 0 Å². The lowest BCUT2D eigenvalue weighted by molar-refractivity contribution is -0.118. The number of amides is 1. The molecular weight excluding hydrogens is 198 g/mol. The molecule has 0 radical (unpaired) electrons. The summed E-state index contributed by atoms with van der Waals surface area (Å²) >= 11 is 0. The van der Waals surface area contributed by atoms with Gasteiger partial charge in [-0.1, -0.05) is 23.8 Å². The van der Waals surface area contributed by atoms with E-state index in [0.29, 0.717) is 0 Å². The summed E-state index contributed by atoms with van der Waals surface area (Å²) in [5.41, 5.74) is 6.24. The van der Waals surface area contributed by atoms with E-state index in [-0.39, 0.29) is 5.91 Å². The standard InChI is InChI=1S/C14H17NO/c1-9-4-5-12(10(2)8-9)13-6-7-14(13)15-11(3)16/h4-5,8H,6-7H2,1-3H3,(H,15,16). The molecule has 1 aromatic rings. The zero-order valence-corrected chi connectivity index (χ0v) is 10.1. The number of hydrogen-bond donors (Lipinski definition) is 1. The fourth-order valence-electron chi connectivity index (χ4n) is 2.17. The van der Waals surface area contributed by atoms with Crippen molar-refractivity contribution >= 4 is 11.5 Å². The molecule has 0 heterocycles. The molecule has 1 amide bonds. The fraction of sp³-hybridized carbons (Fsp3) is 0.357. The molecule has 1 aliphatic rings. The minimum Gasteiger partial charge on any atom is -0.330 e. The smallest absolute Gasteiger partial charge is 0.221 e. The molecule has 0 aliphatic heterocycles. The molecular formula is C14H17NO. The van der Waals surface area contributed by atoms with E-state index in [0.717, 1.165) is 18.5 Å². The number of carbonyl (C=O) groups excluding carboxylic acids is 1. The molecule has 1 aromatic carbocycles. The van der Waals surface area contributed by atoms with Crippen molar-refractivity contribution in [3.63, 3.8) is 0 Å². The Bertz CT molecular complexity index is 472. The molecule has 0 saturated carbocycles.